The smallest absolute Gasteiger partial charge is 0.277 e. The van der Waals surface area contributed by atoms with Gasteiger partial charge in [-0.3, -0.25) is 14.8 Å². The van der Waals surface area contributed by atoms with Gasteiger partial charge in [0.1, 0.15) is 0 Å². The molecule has 0 saturated carbocycles. The van der Waals surface area contributed by atoms with Crippen molar-refractivity contribution in [2.24, 2.45) is 4.99 Å². The van der Waals surface area contributed by atoms with E-state index in [1.54, 1.807) is 31.4 Å². The van der Waals surface area contributed by atoms with E-state index < -0.39 is 11.8 Å². The summed E-state index contributed by atoms with van der Waals surface area (Å²) in [5.74, 6) is -0.243. The average molecular weight is 382 g/mol. The van der Waals surface area contributed by atoms with Crippen LogP contribution in [0.2, 0.25) is 0 Å². The summed E-state index contributed by atoms with van der Waals surface area (Å²) in [6.45, 7) is 2.31. The molecule has 0 fully saturated rings. The largest absolute Gasteiger partial charge is 0.493 e. The van der Waals surface area contributed by atoms with E-state index in [4.69, 9.17) is 9.47 Å². The Hall–Kier alpha value is -3.19. The third kappa shape index (κ3) is 3.75. The Morgan fingerprint density at radius 2 is 1.89 bits per heavy atom. The monoisotopic (exact) mass is 382 g/mol. The van der Waals surface area contributed by atoms with E-state index in [9.17, 15) is 14.8 Å². The van der Waals surface area contributed by atoms with Gasteiger partial charge >= 0.3 is 0 Å². The fourth-order valence-corrected chi connectivity index (χ4v) is 3.25. The van der Waals surface area contributed by atoms with Crippen molar-refractivity contribution in [3.63, 3.8) is 0 Å². The molecule has 1 aliphatic rings. The predicted octanol–water partition coefficient (Wildman–Crippen LogP) is 3.06. The molecular formula is C21H22N2O5. The van der Waals surface area contributed by atoms with Crippen molar-refractivity contribution >= 4 is 17.5 Å². The number of fused-ring (bicyclic) bond motifs is 1. The number of hydroxylamine groups is 2. The first-order chi connectivity index (χ1) is 13.5. The fraction of sp³-hybridized carbons (Fsp3) is 0.286. The first-order valence-electron chi connectivity index (χ1n) is 8.94. The molecule has 2 aromatic rings. The number of carbonyl (C=O) groups excluding carboxylic acids is 2. The molecule has 7 heteroatoms. The van der Waals surface area contributed by atoms with Gasteiger partial charge in [0, 0.05) is 24.9 Å². The minimum atomic E-state index is -0.528. The van der Waals surface area contributed by atoms with Gasteiger partial charge in [-0.05, 0) is 30.7 Å². The Bertz CT molecular complexity index is 936. The Morgan fingerprint density at radius 3 is 2.54 bits per heavy atom. The molecule has 1 unspecified atom stereocenters. The summed E-state index contributed by atoms with van der Waals surface area (Å²) >= 11 is 0. The number of carbonyl (C=O) groups is 2. The van der Waals surface area contributed by atoms with Crippen molar-refractivity contribution in [3.8, 4) is 11.5 Å². The van der Waals surface area contributed by atoms with Crippen LogP contribution in [0.4, 0.5) is 0 Å². The van der Waals surface area contributed by atoms with Crippen LogP contribution in [0, 0.1) is 0 Å². The van der Waals surface area contributed by atoms with E-state index in [2.05, 4.69) is 4.99 Å². The van der Waals surface area contributed by atoms with Gasteiger partial charge in [-0.25, -0.2) is 10.1 Å². The highest BCUT2D eigenvalue weighted by Crippen LogP contribution is 2.36. The molecular weight excluding hydrogens is 360 g/mol. The molecule has 0 aliphatic carbocycles. The highest BCUT2D eigenvalue weighted by molar-refractivity contribution is 6.23. The molecule has 2 aromatic carbocycles. The van der Waals surface area contributed by atoms with Gasteiger partial charge in [0.05, 0.1) is 25.0 Å². The highest BCUT2D eigenvalue weighted by atomic mass is 16.5. The maximum Gasteiger partial charge on any atom is 0.277 e. The molecule has 1 heterocycles. The second kappa shape index (κ2) is 8.22. The fourth-order valence-electron chi connectivity index (χ4n) is 3.25. The predicted molar refractivity (Wildman–Crippen MR) is 103 cm³/mol. The van der Waals surface area contributed by atoms with Crippen LogP contribution < -0.4 is 9.47 Å². The molecule has 0 bridgehead atoms. The molecule has 1 atom stereocenters. The molecule has 3 rings (SSSR count). The van der Waals surface area contributed by atoms with E-state index in [0.717, 1.165) is 5.56 Å². The average Bonchev–Trinajstić information content (AvgIpc) is 3.03. The maximum atomic E-state index is 12.3. The number of ether oxygens (including phenoxy) is 2. The Labute approximate surface area is 163 Å². The number of rotatable bonds is 7. The highest BCUT2D eigenvalue weighted by Gasteiger charge is 2.32. The van der Waals surface area contributed by atoms with Crippen LogP contribution in [-0.2, 0) is 4.79 Å². The second-order valence-electron chi connectivity index (χ2n) is 6.37. The van der Waals surface area contributed by atoms with E-state index in [0.29, 0.717) is 40.0 Å². The molecule has 0 radical (unpaired) electrons. The summed E-state index contributed by atoms with van der Waals surface area (Å²) in [6.07, 6.45) is -0.0503. The van der Waals surface area contributed by atoms with Crippen LogP contribution in [0.3, 0.4) is 0 Å². The maximum absolute atomic E-state index is 12.3. The van der Waals surface area contributed by atoms with Crippen molar-refractivity contribution in [2.45, 2.75) is 19.3 Å². The van der Waals surface area contributed by atoms with E-state index in [-0.39, 0.29) is 12.3 Å². The zero-order chi connectivity index (χ0) is 20.3. The summed E-state index contributed by atoms with van der Waals surface area (Å²) in [5, 5.41) is 10.1. The molecule has 2 amide bonds. The topological polar surface area (TPSA) is 88.4 Å². The minimum Gasteiger partial charge on any atom is -0.493 e. The number of aliphatic imine (C=N–C) groups is 1. The van der Waals surface area contributed by atoms with Gasteiger partial charge in [0.2, 0.25) is 5.91 Å². The van der Waals surface area contributed by atoms with Crippen molar-refractivity contribution in [1.29, 1.82) is 0 Å². The van der Waals surface area contributed by atoms with Crippen molar-refractivity contribution in [1.82, 2.24) is 5.06 Å². The Kier molecular flexibility index (Phi) is 5.75. The minimum absolute atomic E-state index is 0.0503. The van der Waals surface area contributed by atoms with Crippen molar-refractivity contribution < 1.29 is 24.3 Å². The lowest BCUT2D eigenvalue weighted by Crippen LogP contribution is -2.27. The van der Waals surface area contributed by atoms with Gasteiger partial charge < -0.3 is 9.47 Å². The molecule has 0 aromatic heterocycles. The van der Waals surface area contributed by atoms with Crippen LogP contribution >= 0.6 is 0 Å². The third-order valence-corrected chi connectivity index (χ3v) is 4.62. The quantitative estimate of drug-likeness (QED) is 0.587. The first kappa shape index (κ1) is 19.6. The van der Waals surface area contributed by atoms with Gasteiger partial charge in [0.25, 0.3) is 5.91 Å². The van der Waals surface area contributed by atoms with Crippen molar-refractivity contribution in [3.05, 3.63) is 59.2 Å². The van der Waals surface area contributed by atoms with Crippen LogP contribution in [-0.4, -0.2) is 48.6 Å². The SMILES string of the molecule is CCOc1cc(C(CC(=O)N(C)O)C2=NC(=O)c3ccccc32)ccc1OC. The zero-order valence-electron chi connectivity index (χ0n) is 16.0. The van der Waals surface area contributed by atoms with Gasteiger partial charge in [-0.1, -0.05) is 24.3 Å². The van der Waals surface area contributed by atoms with E-state index in [1.165, 1.54) is 7.05 Å². The van der Waals surface area contributed by atoms with Crippen LogP contribution in [0.25, 0.3) is 0 Å². The summed E-state index contributed by atoms with van der Waals surface area (Å²) in [5.41, 5.74) is 2.44. The van der Waals surface area contributed by atoms with Gasteiger partial charge in [-0.2, -0.15) is 0 Å². The third-order valence-electron chi connectivity index (χ3n) is 4.62. The molecule has 0 spiro atoms. The zero-order valence-corrected chi connectivity index (χ0v) is 16.0. The van der Waals surface area contributed by atoms with Gasteiger partial charge in [-0.15, -0.1) is 0 Å². The molecule has 28 heavy (non-hydrogen) atoms. The summed E-state index contributed by atoms with van der Waals surface area (Å²) < 4.78 is 11.0. The van der Waals surface area contributed by atoms with E-state index in [1.807, 2.05) is 25.1 Å². The summed E-state index contributed by atoms with van der Waals surface area (Å²) in [7, 11) is 2.82. The number of hydrogen-bond acceptors (Lipinski definition) is 5. The lowest BCUT2D eigenvalue weighted by Gasteiger charge is -2.21. The Balaban J connectivity index is 2.09. The Morgan fingerprint density at radius 1 is 1.18 bits per heavy atom. The number of benzene rings is 2. The molecule has 1 aliphatic heterocycles. The van der Waals surface area contributed by atoms with Gasteiger partial charge in [0.15, 0.2) is 11.5 Å². The van der Waals surface area contributed by atoms with Crippen molar-refractivity contribution in [2.75, 3.05) is 20.8 Å². The number of nitrogens with zero attached hydrogens (tertiary/aromatic N) is 2. The lowest BCUT2D eigenvalue weighted by molar-refractivity contribution is -0.159. The van der Waals surface area contributed by atoms with Crippen LogP contribution in [0.5, 0.6) is 11.5 Å². The second-order valence-corrected chi connectivity index (χ2v) is 6.37. The normalized spacial score (nSPS) is 13.6. The number of hydrogen-bond donors (Lipinski definition) is 1. The first-order valence-corrected chi connectivity index (χ1v) is 8.94. The summed E-state index contributed by atoms with van der Waals surface area (Å²) in [4.78, 5) is 28.8. The summed E-state index contributed by atoms with van der Waals surface area (Å²) in [6, 6.07) is 12.5. The lowest BCUT2D eigenvalue weighted by atomic mass is 9.86. The number of methoxy groups -OCH3 is 1. The molecule has 146 valence electrons. The molecule has 0 saturated heterocycles. The van der Waals surface area contributed by atoms with Crippen LogP contribution in [0.15, 0.2) is 47.5 Å². The standard InChI is InChI=1S/C21H22N2O5/c1-4-28-18-11-13(9-10-17(18)27-3)16(12-19(24)23(2)26)20-14-7-5-6-8-15(14)21(25)22-20/h5-11,16,26H,4,12H2,1-3H3. The van der Waals surface area contributed by atoms with E-state index >= 15 is 0 Å². The molecule has 1 N–H and O–H groups in total. The van der Waals surface area contributed by atoms with Crippen LogP contribution in [0.1, 0.15) is 40.7 Å². The molecule has 7 nitrogen and oxygen atoms in total. The number of amides is 2.